The molecule has 0 saturated carbocycles. The van der Waals surface area contributed by atoms with Crippen LogP contribution in [0.4, 0.5) is 10.1 Å². The third-order valence-electron chi connectivity index (χ3n) is 4.94. The molecule has 7 heteroatoms. The first-order chi connectivity index (χ1) is 13.7. The van der Waals surface area contributed by atoms with Gasteiger partial charge in [-0.15, -0.1) is 0 Å². The average Bonchev–Trinajstić information content (AvgIpc) is 2.73. The lowest BCUT2D eigenvalue weighted by Crippen LogP contribution is -2.47. The summed E-state index contributed by atoms with van der Waals surface area (Å²) in [5.41, 5.74) is 0.722. The Morgan fingerprint density at radius 1 is 1.07 bits per heavy atom. The second-order valence-electron chi connectivity index (χ2n) is 6.96. The van der Waals surface area contributed by atoms with Gasteiger partial charge in [0, 0.05) is 59.5 Å². The monoisotopic (exact) mass is 393 g/mol. The zero-order chi connectivity index (χ0) is 20.0. The van der Waals surface area contributed by atoms with Crippen molar-refractivity contribution in [3.05, 3.63) is 30.1 Å². The third-order valence-corrected chi connectivity index (χ3v) is 4.94. The molecular weight excluding hydrogens is 357 g/mol. The summed E-state index contributed by atoms with van der Waals surface area (Å²) < 4.78 is 19.2. The van der Waals surface area contributed by atoms with Gasteiger partial charge < -0.3 is 20.3 Å². The van der Waals surface area contributed by atoms with E-state index in [0.29, 0.717) is 0 Å². The van der Waals surface area contributed by atoms with Crippen LogP contribution in [0.1, 0.15) is 26.2 Å². The minimum absolute atomic E-state index is 0.128. The number of unbranched alkanes of at least 4 members (excludes halogenated alkanes) is 1. The minimum atomic E-state index is -0.128. The van der Waals surface area contributed by atoms with Crippen LogP contribution < -0.4 is 15.5 Å². The molecule has 0 spiro atoms. The fraction of sp³-hybridized carbons (Fsp3) is 0.667. The minimum Gasteiger partial charge on any atom is -0.382 e. The predicted octanol–water partition coefficient (Wildman–Crippen LogP) is 2.32. The van der Waals surface area contributed by atoms with Crippen molar-refractivity contribution < 1.29 is 9.13 Å². The van der Waals surface area contributed by atoms with Crippen LogP contribution in [0.2, 0.25) is 0 Å². The number of hydrogen-bond acceptors (Lipinski definition) is 4. The standard InChI is InChI=1S/C21H36FN5O/c1-3-28-18-7-6-11-24-21(23-2)25-12-8-13-26-14-16-27(17-15-26)20-10-5-4-9-19(20)22/h4-5,9-10H,3,6-8,11-18H2,1-2H3,(H2,23,24,25). The van der Waals surface area contributed by atoms with E-state index in [2.05, 4.69) is 25.4 Å². The van der Waals surface area contributed by atoms with Crippen molar-refractivity contribution in [1.82, 2.24) is 15.5 Å². The summed E-state index contributed by atoms with van der Waals surface area (Å²) in [4.78, 5) is 8.85. The molecule has 1 aromatic rings. The van der Waals surface area contributed by atoms with Crippen molar-refractivity contribution in [2.75, 3.05) is 71.0 Å². The molecule has 2 N–H and O–H groups in total. The lowest BCUT2D eigenvalue weighted by Gasteiger charge is -2.36. The number of hydrogen-bond donors (Lipinski definition) is 2. The topological polar surface area (TPSA) is 52.1 Å². The second kappa shape index (κ2) is 13.3. The highest BCUT2D eigenvalue weighted by molar-refractivity contribution is 5.79. The fourth-order valence-electron chi connectivity index (χ4n) is 3.33. The summed E-state index contributed by atoms with van der Waals surface area (Å²) in [7, 11) is 1.80. The van der Waals surface area contributed by atoms with Gasteiger partial charge >= 0.3 is 0 Å². The largest absolute Gasteiger partial charge is 0.382 e. The molecule has 1 heterocycles. The Morgan fingerprint density at radius 3 is 2.46 bits per heavy atom. The van der Waals surface area contributed by atoms with Crippen molar-refractivity contribution in [2.24, 2.45) is 4.99 Å². The first kappa shape index (κ1) is 22.4. The van der Waals surface area contributed by atoms with E-state index in [1.807, 2.05) is 19.1 Å². The second-order valence-corrected chi connectivity index (χ2v) is 6.96. The van der Waals surface area contributed by atoms with E-state index in [0.717, 1.165) is 89.9 Å². The van der Waals surface area contributed by atoms with E-state index in [-0.39, 0.29) is 5.82 Å². The van der Waals surface area contributed by atoms with E-state index in [1.54, 1.807) is 13.1 Å². The number of rotatable bonds is 11. The van der Waals surface area contributed by atoms with Gasteiger partial charge in [0.1, 0.15) is 5.82 Å². The number of halogens is 1. The molecule has 2 rings (SSSR count). The zero-order valence-electron chi connectivity index (χ0n) is 17.4. The first-order valence-electron chi connectivity index (χ1n) is 10.5. The van der Waals surface area contributed by atoms with Crippen LogP contribution in [0.3, 0.4) is 0 Å². The molecule has 1 aromatic carbocycles. The van der Waals surface area contributed by atoms with Crippen molar-refractivity contribution in [2.45, 2.75) is 26.2 Å². The van der Waals surface area contributed by atoms with Gasteiger partial charge in [-0.25, -0.2) is 4.39 Å². The molecule has 0 atom stereocenters. The summed E-state index contributed by atoms with van der Waals surface area (Å²) in [5, 5.41) is 6.72. The van der Waals surface area contributed by atoms with Gasteiger partial charge in [0.15, 0.2) is 5.96 Å². The average molecular weight is 394 g/mol. The molecule has 0 amide bonds. The predicted molar refractivity (Wildman–Crippen MR) is 115 cm³/mol. The van der Waals surface area contributed by atoms with Gasteiger partial charge in [-0.1, -0.05) is 12.1 Å². The van der Waals surface area contributed by atoms with Crippen LogP contribution in [-0.2, 0) is 4.74 Å². The van der Waals surface area contributed by atoms with E-state index in [4.69, 9.17) is 4.74 Å². The first-order valence-corrected chi connectivity index (χ1v) is 10.5. The quantitative estimate of drug-likeness (QED) is 0.343. The maximum Gasteiger partial charge on any atom is 0.190 e. The van der Waals surface area contributed by atoms with E-state index in [1.165, 1.54) is 6.07 Å². The van der Waals surface area contributed by atoms with Crippen molar-refractivity contribution >= 4 is 11.6 Å². The molecule has 158 valence electrons. The van der Waals surface area contributed by atoms with Gasteiger partial charge in [-0.05, 0) is 44.9 Å². The summed E-state index contributed by atoms with van der Waals surface area (Å²) in [5.74, 6) is 0.734. The number of benzene rings is 1. The Morgan fingerprint density at radius 2 is 1.79 bits per heavy atom. The number of anilines is 1. The lowest BCUT2D eigenvalue weighted by atomic mass is 10.2. The van der Waals surface area contributed by atoms with Crippen LogP contribution >= 0.6 is 0 Å². The third kappa shape index (κ3) is 8.02. The molecule has 0 unspecified atom stereocenters. The molecule has 0 bridgehead atoms. The molecule has 1 aliphatic rings. The normalized spacial score (nSPS) is 15.7. The Balaban J connectivity index is 1.54. The van der Waals surface area contributed by atoms with Gasteiger partial charge in [-0.3, -0.25) is 9.89 Å². The Hall–Kier alpha value is -1.86. The number of ether oxygens (including phenoxy) is 1. The maximum atomic E-state index is 13.9. The molecule has 0 aromatic heterocycles. The Kier molecular flexibility index (Phi) is 10.7. The van der Waals surface area contributed by atoms with E-state index >= 15 is 0 Å². The number of nitrogens with one attached hydrogen (secondary N) is 2. The fourth-order valence-corrected chi connectivity index (χ4v) is 3.33. The van der Waals surface area contributed by atoms with Crippen molar-refractivity contribution in [1.29, 1.82) is 0 Å². The molecule has 0 radical (unpaired) electrons. The smallest absolute Gasteiger partial charge is 0.190 e. The van der Waals surface area contributed by atoms with Crippen LogP contribution in [0, 0.1) is 5.82 Å². The van der Waals surface area contributed by atoms with E-state index in [9.17, 15) is 4.39 Å². The molecule has 0 aliphatic carbocycles. The summed E-state index contributed by atoms with van der Waals surface area (Å²) >= 11 is 0. The number of nitrogens with zero attached hydrogens (tertiary/aromatic N) is 3. The van der Waals surface area contributed by atoms with Gasteiger partial charge in [0.25, 0.3) is 0 Å². The Labute approximate surface area is 169 Å². The van der Waals surface area contributed by atoms with Crippen LogP contribution in [-0.4, -0.2) is 76.9 Å². The van der Waals surface area contributed by atoms with Crippen LogP contribution in [0.5, 0.6) is 0 Å². The van der Waals surface area contributed by atoms with Gasteiger partial charge in [0.05, 0.1) is 5.69 Å². The number of para-hydroxylation sites is 1. The van der Waals surface area contributed by atoms with Gasteiger partial charge in [0.2, 0.25) is 0 Å². The Bertz CT molecular complexity index is 576. The molecule has 28 heavy (non-hydrogen) atoms. The van der Waals surface area contributed by atoms with E-state index < -0.39 is 0 Å². The molecule has 1 fully saturated rings. The molecular formula is C21H36FN5O. The van der Waals surface area contributed by atoms with Crippen molar-refractivity contribution in [3.8, 4) is 0 Å². The van der Waals surface area contributed by atoms with Gasteiger partial charge in [-0.2, -0.15) is 0 Å². The number of aliphatic imine (C=N–C) groups is 1. The highest BCUT2D eigenvalue weighted by Gasteiger charge is 2.18. The zero-order valence-corrected chi connectivity index (χ0v) is 17.4. The molecule has 1 aliphatic heterocycles. The molecule has 1 saturated heterocycles. The SMILES string of the molecule is CCOCCCCNC(=NC)NCCCN1CCN(c2ccccc2F)CC1. The van der Waals surface area contributed by atoms with Crippen molar-refractivity contribution in [3.63, 3.8) is 0 Å². The highest BCUT2D eigenvalue weighted by Crippen LogP contribution is 2.20. The highest BCUT2D eigenvalue weighted by atomic mass is 19.1. The number of piperazine rings is 1. The number of guanidine groups is 1. The van der Waals surface area contributed by atoms with Crippen LogP contribution in [0.15, 0.2) is 29.3 Å². The summed E-state index contributed by atoms with van der Waals surface area (Å²) in [6.45, 7) is 10.2. The molecule has 6 nitrogen and oxygen atoms in total. The lowest BCUT2D eigenvalue weighted by molar-refractivity contribution is 0.143. The summed E-state index contributed by atoms with van der Waals surface area (Å²) in [6, 6.07) is 7.04. The van der Waals surface area contributed by atoms with Crippen LogP contribution in [0.25, 0.3) is 0 Å². The maximum absolute atomic E-state index is 13.9. The summed E-state index contributed by atoms with van der Waals surface area (Å²) in [6.07, 6.45) is 3.20.